The van der Waals surface area contributed by atoms with Gasteiger partial charge in [-0.05, 0) is 55.4 Å². The fraction of sp³-hybridized carbons (Fsp3) is 0.562. The van der Waals surface area contributed by atoms with Gasteiger partial charge in [-0.15, -0.1) is 0 Å². The van der Waals surface area contributed by atoms with Crippen LogP contribution < -0.4 is 11.1 Å². The van der Waals surface area contributed by atoms with Crippen LogP contribution in [0.15, 0.2) is 24.3 Å². The van der Waals surface area contributed by atoms with Crippen LogP contribution in [0.1, 0.15) is 36.0 Å². The maximum atomic E-state index is 11.3. The number of carbonyl (C=O) groups is 1. The van der Waals surface area contributed by atoms with Gasteiger partial charge >= 0.3 is 0 Å². The van der Waals surface area contributed by atoms with Crippen molar-refractivity contribution in [2.24, 2.45) is 5.73 Å². The molecule has 2 aliphatic rings. The quantitative estimate of drug-likeness (QED) is 0.901. The van der Waals surface area contributed by atoms with E-state index in [1.54, 1.807) is 6.07 Å². The first-order valence-corrected chi connectivity index (χ1v) is 8.70. The smallest absolute Gasteiger partial charge is 0.248 e. The Labute approximate surface area is 129 Å². The van der Waals surface area contributed by atoms with Gasteiger partial charge in [-0.25, -0.2) is 0 Å². The molecular weight excluding hydrogens is 284 g/mol. The van der Waals surface area contributed by atoms with Gasteiger partial charge in [0.25, 0.3) is 0 Å². The second-order valence-electron chi connectivity index (χ2n) is 5.92. The number of primary amides is 1. The lowest BCUT2D eigenvalue weighted by Crippen LogP contribution is -2.46. The highest BCUT2D eigenvalue weighted by molar-refractivity contribution is 7.99. The average Bonchev–Trinajstić information content (AvgIpc) is 2.48. The maximum absolute atomic E-state index is 11.3. The van der Waals surface area contributed by atoms with Crippen LogP contribution in [0.4, 0.5) is 5.69 Å². The third kappa shape index (κ3) is 3.52. The number of hydrogen-bond donors (Lipinski definition) is 2. The van der Waals surface area contributed by atoms with Gasteiger partial charge in [-0.1, -0.05) is 6.07 Å². The van der Waals surface area contributed by atoms with Crippen molar-refractivity contribution in [3.8, 4) is 0 Å². The van der Waals surface area contributed by atoms with E-state index in [4.69, 9.17) is 10.5 Å². The Hall–Kier alpha value is -1.20. The summed E-state index contributed by atoms with van der Waals surface area (Å²) in [6.07, 6.45) is 4.36. The highest BCUT2D eigenvalue weighted by Crippen LogP contribution is 2.38. The van der Waals surface area contributed by atoms with Crippen LogP contribution in [0.2, 0.25) is 0 Å². The fourth-order valence-corrected chi connectivity index (χ4v) is 4.48. The standard InChI is InChI=1S/C16H22N2O2S/c17-15(19)12-2-1-3-13(10-12)18-14-4-7-20-16(11-14)5-8-21-9-6-16/h1-3,10,14,18H,4-9,11H2,(H2,17,19). The van der Waals surface area contributed by atoms with Gasteiger partial charge in [-0.3, -0.25) is 4.79 Å². The summed E-state index contributed by atoms with van der Waals surface area (Å²) in [6, 6.07) is 7.85. The molecule has 1 aromatic rings. The van der Waals surface area contributed by atoms with Crippen molar-refractivity contribution >= 4 is 23.4 Å². The van der Waals surface area contributed by atoms with E-state index in [1.165, 1.54) is 11.5 Å². The molecule has 1 atom stereocenters. The van der Waals surface area contributed by atoms with Crippen molar-refractivity contribution in [1.29, 1.82) is 0 Å². The zero-order valence-corrected chi connectivity index (χ0v) is 13.0. The lowest BCUT2D eigenvalue weighted by Gasteiger charge is -2.43. The Morgan fingerprint density at radius 1 is 1.38 bits per heavy atom. The number of benzene rings is 1. The normalized spacial score (nSPS) is 24.7. The first kappa shape index (κ1) is 14.7. The topological polar surface area (TPSA) is 64.4 Å². The summed E-state index contributed by atoms with van der Waals surface area (Å²) in [7, 11) is 0. The monoisotopic (exact) mass is 306 g/mol. The molecule has 0 bridgehead atoms. The largest absolute Gasteiger partial charge is 0.382 e. The molecule has 0 radical (unpaired) electrons. The number of ether oxygens (including phenoxy) is 1. The highest BCUT2D eigenvalue weighted by atomic mass is 32.2. The van der Waals surface area contributed by atoms with Crippen molar-refractivity contribution in [2.75, 3.05) is 23.4 Å². The Morgan fingerprint density at radius 3 is 2.95 bits per heavy atom. The van der Waals surface area contributed by atoms with Gasteiger partial charge in [0.1, 0.15) is 0 Å². The molecule has 1 spiro atoms. The molecule has 3 rings (SSSR count). The average molecular weight is 306 g/mol. The molecule has 2 saturated heterocycles. The Balaban J connectivity index is 1.67. The number of hydrogen-bond acceptors (Lipinski definition) is 4. The van der Waals surface area contributed by atoms with Crippen molar-refractivity contribution in [3.63, 3.8) is 0 Å². The molecule has 21 heavy (non-hydrogen) atoms. The van der Waals surface area contributed by atoms with E-state index in [1.807, 2.05) is 30.0 Å². The van der Waals surface area contributed by atoms with E-state index in [0.29, 0.717) is 11.6 Å². The van der Waals surface area contributed by atoms with E-state index in [2.05, 4.69) is 5.32 Å². The van der Waals surface area contributed by atoms with E-state index in [0.717, 1.165) is 38.0 Å². The number of anilines is 1. The van der Waals surface area contributed by atoms with Gasteiger partial charge in [0, 0.05) is 23.9 Å². The van der Waals surface area contributed by atoms with E-state index in [9.17, 15) is 4.79 Å². The summed E-state index contributed by atoms with van der Waals surface area (Å²) in [4.78, 5) is 11.3. The summed E-state index contributed by atoms with van der Waals surface area (Å²) < 4.78 is 6.11. The molecule has 2 aliphatic heterocycles. The first-order chi connectivity index (χ1) is 10.2. The lowest BCUT2D eigenvalue weighted by molar-refractivity contribution is -0.0865. The summed E-state index contributed by atoms with van der Waals surface area (Å²) >= 11 is 2.02. The number of nitrogens with one attached hydrogen (secondary N) is 1. The van der Waals surface area contributed by atoms with Crippen molar-refractivity contribution in [1.82, 2.24) is 0 Å². The number of carbonyl (C=O) groups excluding carboxylic acids is 1. The molecule has 2 heterocycles. The molecule has 1 unspecified atom stereocenters. The SMILES string of the molecule is NC(=O)c1cccc(NC2CCOC3(CCSCC3)C2)c1. The predicted octanol–water partition coefficient (Wildman–Crippen LogP) is 2.64. The predicted molar refractivity (Wildman–Crippen MR) is 86.8 cm³/mol. The second kappa shape index (κ2) is 6.28. The Morgan fingerprint density at radius 2 is 2.19 bits per heavy atom. The summed E-state index contributed by atoms with van der Waals surface area (Å²) in [6.45, 7) is 0.817. The minimum Gasteiger partial charge on any atom is -0.382 e. The minimum atomic E-state index is -0.383. The van der Waals surface area contributed by atoms with E-state index < -0.39 is 0 Å². The molecule has 1 aromatic carbocycles. The van der Waals surface area contributed by atoms with Crippen LogP contribution >= 0.6 is 11.8 Å². The van der Waals surface area contributed by atoms with Gasteiger partial charge < -0.3 is 15.8 Å². The van der Waals surface area contributed by atoms with Gasteiger partial charge in [0.2, 0.25) is 5.91 Å². The number of thioether (sulfide) groups is 1. The van der Waals surface area contributed by atoms with Crippen molar-refractivity contribution < 1.29 is 9.53 Å². The zero-order valence-electron chi connectivity index (χ0n) is 12.1. The summed E-state index contributed by atoms with van der Waals surface area (Å²) in [5.41, 5.74) is 6.93. The number of rotatable bonds is 3. The van der Waals surface area contributed by atoms with Gasteiger partial charge in [0.05, 0.1) is 5.60 Å². The second-order valence-corrected chi connectivity index (χ2v) is 7.15. The van der Waals surface area contributed by atoms with E-state index in [-0.39, 0.29) is 11.5 Å². The zero-order chi connectivity index (χ0) is 14.7. The maximum Gasteiger partial charge on any atom is 0.248 e. The molecule has 0 saturated carbocycles. The van der Waals surface area contributed by atoms with Crippen LogP contribution in [0.3, 0.4) is 0 Å². The Kier molecular flexibility index (Phi) is 4.40. The van der Waals surface area contributed by atoms with Crippen LogP contribution in [0, 0.1) is 0 Å². The van der Waals surface area contributed by atoms with Crippen molar-refractivity contribution in [2.45, 2.75) is 37.3 Å². The Bertz CT molecular complexity index is 509. The molecule has 2 fully saturated rings. The van der Waals surface area contributed by atoms with Gasteiger partial charge in [-0.2, -0.15) is 11.8 Å². The molecule has 0 aromatic heterocycles. The molecule has 3 N–H and O–H groups in total. The van der Waals surface area contributed by atoms with Crippen LogP contribution in [0.25, 0.3) is 0 Å². The molecule has 1 amide bonds. The fourth-order valence-electron chi connectivity index (χ4n) is 3.24. The highest BCUT2D eigenvalue weighted by Gasteiger charge is 2.38. The molecular formula is C16H22N2O2S. The summed E-state index contributed by atoms with van der Waals surface area (Å²) in [5, 5.41) is 3.55. The molecule has 4 nitrogen and oxygen atoms in total. The van der Waals surface area contributed by atoms with Crippen LogP contribution in [-0.4, -0.2) is 35.7 Å². The van der Waals surface area contributed by atoms with Crippen molar-refractivity contribution in [3.05, 3.63) is 29.8 Å². The third-order valence-corrected chi connectivity index (χ3v) is 5.40. The number of nitrogens with two attached hydrogens (primary N) is 1. The number of amides is 1. The molecule has 5 heteroatoms. The molecule has 114 valence electrons. The first-order valence-electron chi connectivity index (χ1n) is 7.55. The van der Waals surface area contributed by atoms with E-state index >= 15 is 0 Å². The summed E-state index contributed by atoms with van der Waals surface area (Å²) in [5.74, 6) is 2.01. The minimum absolute atomic E-state index is 0.0719. The van der Waals surface area contributed by atoms with Crippen LogP contribution in [0.5, 0.6) is 0 Å². The molecule has 0 aliphatic carbocycles. The lowest BCUT2D eigenvalue weighted by atomic mass is 9.85. The third-order valence-electron chi connectivity index (χ3n) is 4.41. The van der Waals surface area contributed by atoms with Crippen LogP contribution in [-0.2, 0) is 4.74 Å². The van der Waals surface area contributed by atoms with Gasteiger partial charge in [0.15, 0.2) is 0 Å².